The maximum atomic E-state index is 12.6. The lowest BCUT2D eigenvalue weighted by Crippen LogP contribution is -2.42. The number of hydrogen-bond donors (Lipinski definition) is 0. The minimum absolute atomic E-state index is 0.00833. The summed E-state index contributed by atoms with van der Waals surface area (Å²) in [6.07, 6.45) is 2.08. The number of sulfone groups is 1. The molecule has 0 saturated carbocycles. The third-order valence-corrected chi connectivity index (χ3v) is 7.49. The van der Waals surface area contributed by atoms with E-state index in [2.05, 4.69) is 0 Å². The highest BCUT2D eigenvalue weighted by molar-refractivity contribution is 8.18. The molecule has 2 aliphatic rings. The Morgan fingerprint density at radius 1 is 1.29 bits per heavy atom. The number of thioether (sulfide) groups is 1. The Kier molecular flexibility index (Phi) is 6.24. The van der Waals surface area contributed by atoms with Crippen LogP contribution in [0.4, 0.5) is 4.79 Å². The molecule has 0 N–H and O–H groups in total. The first kappa shape index (κ1) is 20.6. The van der Waals surface area contributed by atoms with Gasteiger partial charge in [-0.2, -0.15) is 0 Å². The van der Waals surface area contributed by atoms with Crippen molar-refractivity contribution in [2.45, 2.75) is 25.8 Å². The number of nitrogens with zero attached hydrogens (tertiary/aromatic N) is 2. The smallest absolute Gasteiger partial charge is 0.293 e. The summed E-state index contributed by atoms with van der Waals surface area (Å²) >= 11 is 0.862. The molecule has 1 aromatic rings. The minimum atomic E-state index is -3.09. The average Bonchev–Trinajstić information content (AvgIpc) is 3.14. The summed E-state index contributed by atoms with van der Waals surface area (Å²) in [5.74, 6) is -0.572. The number of carbonyl (C=O) groups excluding carboxylic acids is 3. The molecular weight excluding hydrogens is 400 g/mol. The fourth-order valence-corrected chi connectivity index (χ4v) is 6.00. The van der Waals surface area contributed by atoms with Crippen molar-refractivity contribution in [3.05, 3.63) is 40.8 Å². The van der Waals surface area contributed by atoms with Crippen LogP contribution in [0.3, 0.4) is 0 Å². The van der Waals surface area contributed by atoms with Crippen LogP contribution in [0.15, 0.2) is 35.2 Å². The molecule has 3 amide bonds. The Balaban J connectivity index is 1.62. The van der Waals surface area contributed by atoms with Crippen LogP contribution < -0.4 is 0 Å². The van der Waals surface area contributed by atoms with Gasteiger partial charge in [-0.1, -0.05) is 30.3 Å². The van der Waals surface area contributed by atoms with Crippen molar-refractivity contribution in [2.75, 3.05) is 24.6 Å². The molecule has 7 nitrogen and oxygen atoms in total. The normalized spacial score (nSPS) is 22.8. The second-order valence-electron chi connectivity index (χ2n) is 6.73. The molecule has 0 aliphatic carbocycles. The monoisotopic (exact) mass is 422 g/mol. The number of rotatable bonds is 6. The molecule has 150 valence electrons. The summed E-state index contributed by atoms with van der Waals surface area (Å²) in [6.45, 7) is 2.19. The van der Waals surface area contributed by atoms with Crippen LogP contribution in [-0.2, 0) is 19.4 Å². The van der Waals surface area contributed by atoms with Gasteiger partial charge in [-0.3, -0.25) is 19.3 Å². The third kappa shape index (κ3) is 4.64. The van der Waals surface area contributed by atoms with Gasteiger partial charge < -0.3 is 4.90 Å². The van der Waals surface area contributed by atoms with Crippen molar-refractivity contribution in [3.63, 3.8) is 0 Å². The molecule has 1 atom stereocenters. The first-order valence-electron chi connectivity index (χ1n) is 9.11. The Morgan fingerprint density at radius 2 is 2.00 bits per heavy atom. The van der Waals surface area contributed by atoms with Crippen molar-refractivity contribution in [1.82, 2.24) is 9.80 Å². The first-order valence-corrected chi connectivity index (χ1v) is 11.7. The van der Waals surface area contributed by atoms with Crippen LogP contribution in [0.1, 0.15) is 25.3 Å². The van der Waals surface area contributed by atoms with Crippen LogP contribution in [-0.4, -0.2) is 65.9 Å². The van der Waals surface area contributed by atoms with E-state index in [1.54, 1.807) is 17.9 Å². The van der Waals surface area contributed by atoms with E-state index in [9.17, 15) is 22.8 Å². The summed E-state index contributed by atoms with van der Waals surface area (Å²) in [4.78, 5) is 40.3. The Labute approximate surface area is 168 Å². The SMILES string of the molecule is CCN(C(=O)CCN1C(=O)S/C(=C\c2ccccc2)C1=O)[C@@H]1CCS(=O)(=O)C1. The summed E-state index contributed by atoms with van der Waals surface area (Å²) in [5.41, 5.74) is 0.823. The predicted octanol–water partition coefficient (Wildman–Crippen LogP) is 2.15. The lowest BCUT2D eigenvalue weighted by molar-refractivity contribution is -0.133. The molecule has 0 radical (unpaired) electrons. The summed E-state index contributed by atoms with van der Waals surface area (Å²) in [5, 5.41) is -0.397. The van der Waals surface area contributed by atoms with Gasteiger partial charge in [-0.05, 0) is 36.7 Å². The lowest BCUT2D eigenvalue weighted by Gasteiger charge is -2.27. The number of benzene rings is 1. The highest BCUT2D eigenvalue weighted by atomic mass is 32.2. The highest BCUT2D eigenvalue weighted by Gasteiger charge is 2.37. The number of carbonyl (C=O) groups is 3. The maximum absolute atomic E-state index is 12.6. The Morgan fingerprint density at radius 3 is 2.61 bits per heavy atom. The molecule has 2 saturated heterocycles. The molecule has 0 bridgehead atoms. The largest absolute Gasteiger partial charge is 0.339 e. The van der Waals surface area contributed by atoms with E-state index in [0.29, 0.717) is 17.9 Å². The van der Waals surface area contributed by atoms with Gasteiger partial charge >= 0.3 is 0 Å². The summed E-state index contributed by atoms with van der Waals surface area (Å²) < 4.78 is 23.4. The molecule has 28 heavy (non-hydrogen) atoms. The first-order chi connectivity index (χ1) is 13.3. The standard InChI is InChI=1S/C19H22N2O5S2/c1-2-20(15-9-11-28(25,26)13-15)17(22)8-10-21-18(23)16(27-19(21)24)12-14-6-4-3-5-7-14/h3-7,12,15H,2,8-11,13H2,1H3/b16-12-/t15-/m1/s1. The topological polar surface area (TPSA) is 91.8 Å². The molecule has 2 aliphatic heterocycles. The summed E-state index contributed by atoms with van der Waals surface area (Å²) in [6, 6.07) is 8.91. The van der Waals surface area contributed by atoms with Gasteiger partial charge in [0.05, 0.1) is 16.4 Å². The van der Waals surface area contributed by atoms with Crippen molar-refractivity contribution < 1.29 is 22.8 Å². The lowest BCUT2D eigenvalue weighted by atomic mass is 10.2. The van der Waals surface area contributed by atoms with E-state index in [4.69, 9.17) is 0 Å². The van der Waals surface area contributed by atoms with E-state index in [-0.39, 0.29) is 36.4 Å². The van der Waals surface area contributed by atoms with Gasteiger partial charge in [-0.25, -0.2) is 8.42 Å². The zero-order valence-corrected chi connectivity index (χ0v) is 17.2. The van der Waals surface area contributed by atoms with E-state index >= 15 is 0 Å². The predicted molar refractivity (Wildman–Crippen MR) is 108 cm³/mol. The fraction of sp³-hybridized carbons (Fsp3) is 0.421. The average molecular weight is 423 g/mol. The second kappa shape index (κ2) is 8.48. The van der Waals surface area contributed by atoms with Crippen molar-refractivity contribution in [3.8, 4) is 0 Å². The van der Waals surface area contributed by atoms with Crippen LogP contribution in [0.5, 0.6) is 0 Å². The quantitative estimate of drug-likeness (QED) is 0.653. The van der Waals surface area contributed by atoms with E-state index in [0.717, 1.165) is 22.2 Å². The molecule has 0 spiro atoms. The van der Waals surface area contributed by atoms with E-state index in [1.807, 2.05) is 30.3 Å². The third-order valence-electron chi connectivity index (χ3n) is 4.83. The van der Waals surface area contributed by atoms with Crippen molar-refractivity contribution in [1.29, 1.82) is 0 Å². The van der Waals surface area contributed by atoms with Gasteiger partial charge in [0.2, 0.25) is 5.91 Å². The molecule has 2 fully saturated rings. The number of amides is 3. The molecule has 3 rings (SSSR count). The van der Waals surface area contributed by atoms with Gasteiger partial charge in [-0.15, -0.1) is 0 Å². The van der Waals surface area contributed by atoms with Gasteiger partial charge in [0, 0.05) is 25.6 Å². The van der Waals surface area contributed by atoms with Crippen LogP contribution in [0.2, 0.25) is 0 Å². The Bertz CT molecular complexity index is 912. The van der Waals surface area contributed by atoms with Crippen LogP contribution in [0, 0.1) is 0 Å². The zero-order valence-electron chi connectivity index (χ0n) is 15.5. The van der Waals surface area contributed by atoms with Gasteiger partial charge in [0.15, 0.2) is 9.84 Å². The van der Waals surface area contributed by atoms with E-state index < -0.39 is 21.0 Å². The van der Waals surface area contributed by atoms with Crippen molar-refractivity contribution >= 4 is 44.7 Å². The molecule has 0 unspecified atom stereocenters. The molecule has 2 heterocycles. The minimum Gasteiger partial charge on any atom is -0.339 e. The summed E-state index contributed by atoms with van der Waals surface area (Å²) in [7, 11) is -3.09. The Hall–Kier alpha value is -2.13. The fourth-order valence-electron chi connectivity index (χ4n) is 3.40. The highest BCUT2D eigenvalue weighted by Crippen LogP contribution is 2.32. The molecular formula is C19H22N2O5S2. The van der Waals surface area contributed by atoms with E-state index in [1.165, 1.54) is 0 Å². The van der Waals surface area contributed by atoms with Gasteiger partial charge in [0.25, 0.3) is 11.1 Å². The number of imide groups is 1. The van der Waals surface area contributed by atoms with Crippen molar-refractivity contribution in [2.24, 2.45) is 0 Å². The second-order valence-corrected chi connectivity index (χ2v) is 9.95. The van der Waals surface area contributed by atoms with Crippen LogP contribution in [0.25, 0.3) is 6.08 Å². The molecule has 0 aromatic heterocycles. The number of hydrogen-bond acceptors (Lipinski definition) is 6. The van der Waals surface area contributed by atoms with Gasteiger partial charge in [0.1, 0.15) is 0 Å². The zero-order chi connectivity index (χ0) is 20.3. The molecule has 1 aromatic carbocycles. The maximum Gasteiger partial charge on any atom is 0.293 e. The molecule has 9 heteroatoms. The van der Waals surface area contributed by atoms with Crippen LogP contribution >= 0.6 is 11.8 Å².